The number of morpholine rings is 1. The predicted octanol–water partition coefficient (Wildman–Crippen LogP) is 1.19. The van der Waals surface area contributed by atoms with Crippen LogP contribution in [-0.2, 0) is 24.5 Å². The van der Waals surface area contributed by atoms with Gasteiger partial charge in [-0.05, 0) is 30.5 Å². The third kappa shape index (κ3) is 3.14. The summed E-state index contributed by atoms with van der Waals surface area (Å²) in [5.41, 5.74) is -0.255. The minimum atomic E-state index is -1.08. The quantitative estimate of drug-likeness (QED) is 0.896. The smallest absolute Gasteiger partial charge is 0.334 e. The van der Waals surface area contributed by atoms with E-state index in [0.29, 0.717) is 38.2 Å². The molecule has 7 heteroatoms. The first kappa shape index (κ1) is 16.9. The molecule has 130 valence electrons. The Hall–Kier alpha value is -1.99. The van der Waals surface area contributed by atoms with Gasteiger partial charge in [-0.3, -0.25) is 4.79 Å². The normalized spacial score (nSPS) is 23.7. The third-order valence-electron chi connectivity index (χ3n) is 4.76. The zero-order chi connectivity index (χ0) is 17.2. The van der Waals surface area contributed by atoms with Gasteiger partial charge in [0, 0.05) is 19.8 Å². The van der Waals surface area contributed by atoms with Crippen molar-refractivity contribution in [1.29, 1.82) is 0 Å². The van der Waals surface area contributed by atoms with Crippen molar-refractivity contribution in [3.8, 4) is 0 Å². The van der Waals surface area contributed by atoms with Gasteiger partial charge in [-0.1, -0.05) is 12.1 Å². The zero-order valence-electron chi connectivity index (χ0n) is 13.2. The number of carbonyl (C=O) groups excluding carboxylic acids is 1. The summed E-state index contributed by atoms with van der Waals surface area (Å²) in [5, 5.41) is 9.13. The number of amides is 1. The molecule has 6 nitrogen and oxygen atoms in total. The van der Waals surface area contributed by atoms with Crippen LogP contribution in [0.5, 0.6) is 0 Å². The number of nitrogens with zero attached hydrogens (tertiary/aromatic N) is 1. The van der Waals surface area contributed by atoms with Crippen molar-refractivity contribution in [3.05, 3.63) is 35.6 Å². The summed E-state index contributed by atoms with van der Waals surface area (Å²) in [6, 6.07) is 6.07. The summed E-state index contributed by atoms with van der Waals surface area (Å²) in [4.78, 5) is 25.9. The van der Waals surface area contributed by atoms with Crippen LogP contribution in [0.4, 0.5) is 4.39 Å². The van der Waals surface area contributed by atoms with Crippen molar-refractivity contribution in [3.63, 3.8) is 0 Å². The molecule has 3 rings (SSSR count). The number of benzene rings is 1. The number of carbonyl (C=O) groups is 2. The summed E-state index contributed by atoms with van der Waals surface area (Å²) < 4.78 is 24.3. The average molecular weight is 337 g/mol. The van der Waals surface area contributed by atoms with Crippen LogP contribution in [0.2, 0.25) is 0 Å². The SMILES string of the molecule is O=C(O)[C@@H]1CN(C(=O)C2(c3cccc(F)c3)CCOCC2)CCO1. The Morgan fingerprint density at radius 1 is 1.25 bits per heavy atom. The lowest BCUT2D eigenvalue weighted by atomic mass is 9.73. The monoisotopic (exact) mass is 337 g/mol. The van der Waals surface area contributed by atoms with Crippen LogP contribution in [0.1, 0.15) is 18.4 Å². The van der Waals surface area contributed by atoms with E-state index in [1.807, 2.05) is 0 Å². The molecular formula is C17H20FNO5. The van der Waals surface area contributed by atoms with E-state index in [-0.39, 0.29) is 19.1 Å². The largest absolute Gasteiger partial charge is 0.479 e. The highest BCUT2D eigenvalue weighted by Crippen LogP contribution is 2.37. The molecule has 0 radical (unpaired) electrons. The van der Waals surface area contributed by atoms with Gasteiger partial charge in [-0.2, -0.15) is 0 Å². The van der Waals surface area contributed by atoms with E-state index in [0.717, 1.165) is 0 Å². The molecule has 1 aromatic carbocycles. The second kappa shape index (κ2) is 6.86. The first-order valence-electron chi connectivity index (χ1n) is 8.00. The predicted molar refractivity (Wildman–Crippen MR) is 82.1 cm³/mol. The molecule has 1 N–H and O–H groups in total. The van der Waals surface area contributed by atoms with E-state index >= 15 is 0 Å². The van der Waals surface area contributed by atoms with E-state index in [1.165, 1.54) is 17.0 Å². The topological polar surface area (TPSA) is 76.1 Å². The van der Waals surface area contributed by atoms with Crippen LogP contribution < -0.4 is 0 Å². The molecule has 1 atom stereocenters. The van der Waals surface area contributed by atoms with Gasteiger partial charge in [0.1, 0.15) is 5.82 Å². The second-order valence-electron chi connectivity index (χ2n) is 6.15. The van der Waals surface area contributed by atoms with Gasteiger partial charge in [0.05, 0.1) is 18.6 Å². The second-order valence-corrected chi connectivity index (χ2v) is 6.15. The molecule has 1 aromatic rings. The Labute approximate surface area is 139 Å². The molecule has 0 aromatic heterocycles. The summed E-state index contributed by atoms with van der Waals surface area (Å²) in [7, 11) is 0. The van der Waals surface area contributed by atoms with Crippen LogP contribution in [-0.4, -0.2) is 60.9 Å². The van der Waals surface area contributed by atoms with Gasteiger partial charge >= 0.3 is 5.97 Å². The zero-order valence-corrected chi connectivity index (χ0v) is 13.2. The van der Waals surface area contributed by atoms with Gasteiger partial charge in [0.15, 0.2) is 6.10 Å². The van der Waals surface area contributed by atoms with Crippen LogP contribution in [0.3, 0.4) is 0 Å². The van der Waals surface area contributed by atoms with Gasteiger partial charge < -0.3 is 19.5 Å². The summed E-state index contributed by atoms with van der Waals surface area (Å²) in [6.07, 6.45) is -0.124. The Kier molecular flexibility index (Phi) is 4.82. The average Bonchev–Trinajstić information content (AvgIpc) is 2.61. The fourth-order valence-electron chi connectivity index (χ4n) is 3.42. The molecule has 1 amide bonds. The summed E-state index contributed by atoms with van der Waals surface area (Å²) >= 11 is 0. The maximum Gasteiger partial charge on any atom is 0.334 e. The molecule has 2 saturated heterocycles. The number of aliphatic carboxylic acids is 1. The fourth-order valence-corrected chi connectivity index (χ4v) is 3.42. The molecule has 2 aliphatic rings. The first-order chi connectivity index (χ1) is 11.5. The summed E-state index contributed by atoms with van der Waals surface area (Å²) in [6.45, 7) is 1.34. The molecular weight excluding hydrogens is 317 g/mol. The molecule has 0 aliphatic carbocycles. The number of carboxylic acid groups (broad SMARTS) is 1. The van der Waals surface area contributed by atoms with Crippen LogP contribution >= 0.6 is 0 Å². The minimum Gasteiger partial charge on any atom is -0.479 e. The number of carboxylic acids is 1. The van der Waals surface area contributed by atoms with Gasteiger partial charge in [-0.15, -0.1) is 0 Å². The maximum absolute atomic E-state index is 13.7. The fraction of sp³-hybridized carbons (Fsp3) is 0.529. The standard InChI is InChI=1S/C17H20FNO5/c18-13-3-1-2-12(10-13)17(4-7-23-8-5-17)16(22)19-6-9-24-14(11-19)15(20)21/h1-3,10,14H,4-9,11H2,(H,20,21)/t14-/m0/s1. The van der Waals surface area contributed by atoms with Gasteiger partial charge in [0.25, 0.3) is 0 Å². The molecule has 2 aliphatic heterocycles. The lowest BCUT2D eigenvalue weighted by Gasteiger charge is -2.42. The number of halogens is 1. The van der Waals surface area contributed by atoms with Crippen molar-refractivity contribution in [2.75, 3.05) is 32.9 Å². The lowest BCUT2D eigenvalue weighted by molar-refractivity contribution is -0.162. The maximum atomic E-state index is 13.7. The molecule has 24 heavy (non-hydrogen) atoms. The first-order valence-corrected chi connectivity index (χ1v) is 8.00. The highest BCUT2D eigenvalue weighted by atomic mass is 19.1. The third-order valence-corrected chi connectivity index (χ3v) is 4.76. The molecule has 0 bridgehead atoms. The van der Waals surface area contributed by atoms with E-state index < -0.39 is 23.3 Å². The van der Waals surface area contributed by atoms with Crippen molar-refractivity contribution in [2.45, 2.75) is 24.4 Å². The van der Waals surface area contributed by atoms with Crippen molar-refractivity contribution >= 4 is 11.9 Å². The van der Waals surface area contributed by atoms with E-state index in [9.17, 15) is 14.0 Å². The molecule has 2 fully saturated rings. The number of hydrogen-bond donors (Lipinski definition) is 1. The molecule has 0 unspecified atom stereocenters. The number of rotatable bonds is 3. The molecule has 0 spiro atoms. The van der Waals surface area contributed by atoms with Gasteiger partial charge in [-0.25, -0.2) is 9.18 Å². The Bertz CT molecular complexity index is 629. The van der Waals surface area contributed by atoms with Crippen LogP contribution in [0.15, 0.2) is 24.3 Å². The van der Waals surface area contributed by atoms with Crippen LogP contribution in [0.25, 0.3) is 0 Å². The highest BCUT2D eigenvalue weighted by molar-refractivity contribution is 5.89. The van der Waals surface area contributed by atoms with Crippen molar-refractivity contribution < 1.29 is 28.6 Å². The van der Waals surface area contributed by atoms with E-state index in [2.05, 4.69) is 0 Å². The van der Waals surface area contributed by atoms with E-state index in [4.69, 9.17) is 14.6 Å². The Balaban J connectivity index is 1.91. The lowest BCUT2D eigenvalue weighted by Crippen LogP contribution is -2.56. The highest BCUT2D eigenvalue weighted by Gasteiger charge is 2.45. The minimum absolute atomic E-state index is 0.00604. The number of ether oxygens (including phenoxy) is 2. The van der Waals surface area contributed by atoms with E-state index in [1.54, 1.807) is 12.1 Å². The summed E-state index contributed by atoms with van der Waals surface area (Å²) in [5.74, 6) is -1.65. The molecule has 2 heterocycles. The van der Waals surface area contributed by atoms with Crippen LogP contribution in [0, 0.1) is 5.82 Å². The Morgan fingerprint density at radius 2 is 2.00 bits per heavy atom. The number of hydrogen-bond acceptors (Lipinski definition) is 4. The Morgan fingerprint density at radius 3 is 2.67 bits per heavy atom. The van der Waals surface area contributed by atoms with Gasteiger partial charge in [0.2, 0.25) is 5.91 Å². The van der Waals surface area contributed by atoms with Crippen molar-refractivity contribution in [1.82, 2.24) is 4.90 Å². The molecule has 0 saturated carbocycles. The van der Waals surface area contributed by atoms with Crippen molar-refractivity contribution in [2.24, 2.45) is 0 Å².